The van der Waals surface area contributed by atoms with Crippen molar-refractivity contribution in [2.75, 3.05) is 26.7 Å². The third-order valence-corrected chi connectivity index (χ3v) is 5.05. The van der Waals surface area contributed by atoms with E-state index in [0.717, 1.165) is 32.5 Å². The van der Waals surface area contributed by atoms with Gasteiger partial charge in [0.1, 0.15) is 0 Å². The highest BCUT2D eigenvalue weighted by Crippen LogP contribution is 2.18. The van der Waals surface area contributed by atoms with Gasteiger partial charge in [-0.25, -0.2) is 4.79 Å². The molecule has 1 aliphatic rings. The molecule has 0 bridgehead atoms. The molecule has 0 unspecified atom stereocenters. The molecule has 0 radical (unpaired) electrons. The summed E-state index contributed by atoms with van der Waals surface area (Å²) in [5.74, 6) is -0.0901. The first-order valence-electron chi connectivity index (χ1n) is 9.38. The number of benzene rings is 2. The summed E-state index contributed by atoms with van der Waals surface area (Å²) in [6.45, 7) is 3.75. The average molecular weight is 366 g/mol. The largest absolute Gasteiger partial charge is 0.465 e. The molecule has 0 spiro atoms. The Morgan fingerprint density at radius 1 is 1.04 bits per heavy atom. The lowest BCUT2D eigenvalue weighted by atomic mass is 9.96. The highest BCUT2D eigenvalue weighted by molar-refractivity contribution is 5.97. The van der Waals surface area contributed by atoms with E-state index in [-0.39, 0.29) is 5.91 Å². The van der Waals surface area contributed by atoms with Crippen LogP contribution in [-0.2, 0) is 11.3 Å². The zero-order chi connectivity index (χ0) is 19.1. The zero-order valence-electron chi connectivity index (χ0n) is 15.7. The van der Waals surface area contributed by atoms with Crippen LogP contribution in [0.1, 0.15) is 39.1 Å². The van der Waals surface area contributed by atoms with Crippen molar-refractivity contribution in [3.05, 3.63) is 71.3 Å². The summed E-state index contributed by atoms with van der Waals surface area (Å²) >= 11 is 0. The van der Waals surface area contributed by atoms with E-state index in [1.54, 1.807) is 24.3 Å². The highest BCUT2D eigenvalue weighted by atomic mass is 16.5. The number of hydrogen-bond acceptors (Lipinski definition) is 4. The number of methoxy groups -OCH3 is 1. The van der Waals surface area contributed by atoms with Crippen LogP contribution < -0.4 is 5.32 Å². The van der Waals surface area contributed by atoms with Gasteiger partial charge in [-0.2, -0.15) is 0 Å². The molecule has 5 nitrogen and oxygen atoms in total. The van der Waals surface area contributed by atoms with Crippen molar-refractivity contribution in [1.29, 1.82) is 0 Å². The Balaban J connectivity index is 1.44. The van der Waals surface area contributed by atoms with Gasteiger partial charge in [0, 0.05) is 18.7 Å². The number of rotatable bonds is 6. The van der Waals surface area contributed by atoms with Crippen LogP contribution in [0.25, 0.3) is 0 Å². The molecule has 2 aromatic carbocycles. The molecule has 0 saturated carbocycles. The summed E-state index contributed by atoms with van der Waals surface area (Å²) in [6, 6.07) is 17.1. The number of piperidine rings is 1. The van der Waals surface area contributed by atoms with Gasteiger partial charge in [0.25, 0.3) is 5.91 Å². The fourth-order valence-corrected chi connectivity index (χ4v) is 3.43. The lowest BCUT2D eigenvalue weighted by Crippen LogP contribution is -2.38. The Bertz CT molecular complexity index is 768. The Hall–Kier alpha value is -2.66. The molecule has 3 rings (SSSR count). The van der Waals surface area contributed by atoms with Crippen molar-refractivity contribution in [1.82, 2.24) is 10.2 Å². The number of carbonyl (C=O) groups is 2. The Morgan fingerprint density at radius 3 is 2.44 bits per heavy atom. The first-order valence-corrected chi connectivity index (χ1v) is 9.38. The topological polar surface area (TPSA) is 58.6 Å². The maximum Gasteiger partial charge on any atom is 0.337 e. The number of nitrogens with zero attached hydrogens (tertiary/aromatic N) is 1. The molecule has 142 valence electrons. The molecule has 1 amide bonds. The van der Waals surface area contributed by atoms with Crippen LogP contribution in [0.5, 0.6) is 0 Å². The minimum absolute atomic E-state index is 0.146. The van der Waals surface area contributed by atoms with Crippen LogP contribution in [0, 0.1) is 5.92 Å². The minimum atomic E-state index is -0.435. The standard InChI is InChI=1S/C22H26N2O3/c1-27-22(26)20-9-5-8-19(14-20)21(25)23-15-17-10-12-24(13-11-17)16-18-6-3-2-4-7-18/h2-9,14,17H,10-13,15-16H2,1H3,(H,23,25). The SMILES string of the molecule is COC(=O)c1cccc(C(=O)NCC2CCN(Cc3ccccc3)CC2)c1. The smallest absolute Gasteiger partial charge is 0.337 e. The van der Waals surface area contributed by atoms with E-state index in [2.05, 4.69) is 34.5 Å². The molecule has 0 aromatic heterocycles. The summed E-state index contributed by atoms with van der Waals surface area (Å²) in [7, 11) is 1.33. The number of hydrogen-bond donors (Lipinski definition) is 1. The van der Waals surface area contributed by atoms with E-state index >= 15 is 0 Å². The van der Waals surface area contributed by atoms with Crippen molar-refractivity contribution >= 4 is 11.9 Å². The Labute approximate surface area is 160 Å². The first kappa shape index (κ1) is 19.1. The molecule has 2 aromatic rings. The van der Waals surface area contributed by atoms with Crippen LogP contribution in [-0.4, -0.2) is 43.5 Å². The average Bonchev–Trinajstić information content (AvgIpc) is 2.73. The normalized spacial score (nSPS) is 15.3. The number of amides is 1. The van der Waals surface area contributed by atoms with E-state index in [9.17, 15) is 9.59 Å². The minimum Gasteiger partial charge on any atom is -0.465 e. The van der Waals surface area contributed by atoms with Crippen molar-refractivity contribution < 1.29 is 14.3 Å². The van der Waals surface area contributed by atoms with Crippen molar-refractivity contribution in [2.24, 2.45) is 5.92 Å². The number of nitrogens with one attached hydrogen (secondary N) is 1. The number of likely N-dealkylation sites (tertiary alicyclic amines) is 1. The molecule has 1 N–H and O–H groups in total. The zero-order valence-corrected chi connectivity index (χ0v) is 15.7. The molecule has 27 heavy (non-hydrogen) atoms. The lowest BCUT2D eigenvalue weighted by molar-refractivity contribution is 0.0600. The molecule has 1 fully saturated rings. The fourth-order valence-electron chi connectivity index (χ4n) is 3.43. The quantitative estimate of drug-likeness (QED) is 0.798. The summed E-state index contributed by atoms with van der Waals surface area (Å²) in [5.41, 5.74) is 2.22. The lowest BCUT2D eigenvalue weighted by Gasteiger charge is -2.32. The van der Waals surface area contributed by atoms with Gasteiger partial charge >= 0.3 is 5.97 Å². The number of ether oxygens (including phenoxy) is 1. The maximum absolute atomic E-state index is 12.4. The Kier molecular flexibility index (Phi) is 6.60. The van der Waals surface area contributed by atoms with Crippen LogP contribution >= 0.6 is 0 Å². The van der Waals surface area contributed by atoms with E-state index in [1.165, 1.54) is 12.7 Å². The second kappa shape index (κ2) is 9.33. The van der Waals surface area contributed by atoms with Crippen molar-refractivity contribution in [2.45, 2.75) is 19.4 Å². The molecule has 0 aliphatic carbocycles. The van der Waals surface area contributed by atoms with Crippen molar-refractivity contribution in [3.8, 4) is 0 Å². The molecule has 0 atom stereocenters. The molecule has 1 heterocycles. The molecular weight excluding hydrogens is 340 g/mol. The number of esters is 1. The van der Waals surface area contributed by atoms with Gasteiger partial charge < -0.3 is 10.1 Å². The second-order valence-corrected chi connectivity index (χ2v) is 6.99. The van der Waals surface area contributed by atoms with Gasteiger partial charge in [0.2, 0.25) is 0 Å². The fraction of sp³-hybridized carbons (Fsp3) is 0.364. The second-order valence-electron chi connectivity index (χ2n) is 6.99. The van der Waals surface area contributed by atoms with E-state index in [1.807, 2.05) is 6.07 Å². The van der Waals surface area contributed by atoms with Crippen LogP contribution in [0.3, 0.4) is 0 Å². The summed E-state index contributed by atoms with van der Waals surface area (Å²) in [4.78, 5) is 26.4. The Morgan fingerprint density at radius 2 is 1.74 bits per heavy atom. The summed E-state index contributed by atoms with van der Waals surface area (Å²) in [5, 5.41) is 3.01. The van der Waals surface area contributed by atoms with E-state index in [4.69, 9.17) is 4.74 Å². The van der Waals surface area contributed by atoms with Gasteiger partial charge in [-0.05, 0) is 55.6 Å². The predicted molar refractivity (Wildman–Crippen MR) is 105 cm³/mol. The third kappa shape index (κ3) is 5.41. The van der Waals surface area contributed by atoms with Crippen LogP contribution in [0.4, 0.5) is 0 Å². The van der Waals surface area contributed by atoms with E-state index in [0.29, 0.717) is 23.6 Å². The number of carbonyl (C=O) groups excluding carboxylic acids is 2. The van der Waals surface area contributed by atoms with Gasteiger partial charge in [-0.15, -0.1) is 0 Å². The maximum atomic E-state index is 12.4. The molecule has 5 heteroatoms. The first-order chi connectivity index (χ1) is 13.2. The van der Waals surface area contributed by atoms with Gasteiger partial charge in [-0.1, -0.05) is 36.4 Å². The monoisotopic (exact) mass is 366 g/mol. The van der Waals surface area contributed by atoms with Gasteiger partial charge in [-0.3, -0.25) is 9.69 Å². The van der Waals surface area contributed by atoms with Gasteiger partial charge in [0.15, 0.2) is 0 Å². The van der Waals surface area contributed by atoms with Crippen molar-refractivity contribution in [3.63, 3.8) is 0 Å². The summed E-state index contributed by atoms with van der Waals surface area (Å²) in [6.07, 6.45) is 2.16. The van der Waals surface area contributed by atoms with Gasteiger partial charge in [0.05, 0.1) is 12.7 Å². The highest BCUT2D eigenvalue weighted by Gasteiger charge is 2.20. The summed E-state index contributed by atoms with van der Waals surface area (Å²) < 4.78 is 4.70. The molecular formula is C22H26N2O3. The molecule has 1 saturated heterocycles. The van der Waals surface area contributed by atoms with Crippen LogP contribution in [0.2, 0.25) is 0 Å². The predicted octanol–water partition coefficient (Wildman–Crippen LogP) is 3.12. The third-order valence-electron chi connectivity index (χ3n) is 5.05. The van der Waals surface area contributed by atoms with Crippen LogP contribution in [0.15, 0.2) is 54.6 Å². The van der Waals surface area contributed by atoms with E-state index < -0.39 is 5.97 Å². The molecule has 1 aliphatic heterocycles.